The number of hydrogen-bond donors (Lipinski definition) is 2. The van der Waals surface area contributed by atoms with E-state index in [1.165, 1.54) is 55.2 Å². The van der Waals surface area contributed by atoms with E-state index in [-0.39, 0.29) is 0 Å². The van der Waals surface area contributed by atoms with Gasteiger partial charge in [-0.1, -0.05) is 160 Å². The van der Waals surface area contributed by atoms with Crippen molar-refractivity contribution in [2.24, 2.45) is 0 Å². The number of allylic oxidation sites excluding steroid dienone is 11. The molecule has 2 aromatic carbocycles. The molecule has 2 N–H and O–H groups in total. The van der Waals surface area contributed by atoms with E-state index >= 15 is 0 Å². The summed E-state index contributed by atoms with van der Waals surface area (Å²) < 4.78 is 0. The first-order valence-corrected chi connectivity index (χ1v) is 17.3. The summed E-state index contributed by atoms with van der Waals surface area (Å²) >= 11 is 0. The van der Waals surface area contributed by atoms with Crippen LogP contribution in [0.2, 0.25) is 0 Å². The summed E-state index contributed by atoms with van der Waals surface area (Å²) in [6, 6.07) is 8.70. The van der Waals surface area contributed by atoms with Gasteiger partial charge in [0.1, 0.15) is 0 Å². The summed E-state index contributed by atoms with van der Waals surface area (Å²) in [7, 11) is 1.88. The van der Waals surface area contributed by atoms with E-state index in [9.17, 15) is 0 Å². The van der Waals surface area contributed by atoms with Gasteiger partial charge in [-0.25, -0.2) is 0 Å². The van der Waals surface area contributed by atoms with Crippen molar-refractivity contribution in [3.63, 3.8) is 0 Å². The largest absolute Gasteiger partial charge is 0.394 e. The second kappa shape index (κ2) is 33.8. The lowest BCUT2D eigenvalue weighted by Gasteiger charge is -2.13. The highest BCUT2D eigenvalue weighted by molar-refractivity contribution is 6.18. The Morgan fingerprint density at radius 1 is 0.674 bits per heavy atom. The molecule has 0 aliphatic heterocycles. The first kappa shape index (κ1) is 48.9. The van der Waals surface area contributed by atoms with Crippen LogP contribution >= 0.6 is 0 Å². The highest BCUT2D eigenvalue weighted by atomic mass is 14.8. The second-order valence-electron chi connectivity index (χ2n) is 8.47. The van der Waals surface area contributed by atoms with Crippen LogP contribution in [-0.4, -0.2) is 12.0 Å². The Labute approximate surface area is 286 Å². The summed E-state index contributed by atoms with van der Waals surface area (Å²) in [5.74, 6) is 0. The fraction of sp³-hybridized carbons (Fsp3) is 0.364. The molecule has 0 unspecified atom stereocenters. The van der Waals surface area contributed by atoms with Crippen molar-refractivity contribution in [3.05, 3.63) is 121 Å². The predicted octanol–water partition coefficient (Wildman–Crippen LogP) is 15.0. The molecule has 0 bridgehead atoms. The smallest absolute Gasteiger partial charge is 0.0551 e. The standard InChI is InChI=1S/C28H31N.C4H9N.C4H6.4C2H6/c1-7-14-20(11-5)25-26-23(16-9-3)21(15-8-2)22-17-12-13-18-24(22)28(26)29-27(25)19(6)10-4;1-3-4-5-2;1-3-4-2;4*1-2/h7-18,29H,1-6H3;3-5H,1-2H3;3-4H,1-2H2;4*1-2H3/b14-7-,15-8-,16-9-,19-10+,20-11+;;;;;;. The number of aromatic nitrogens is 1. The molecule has 0 saturated carbocycles. The Bertz CT molecular complexity index is 1380. The molecule has 3 aromatic rings. The van der Waals surface area contributed by atoms with Crippen molar-refractivity contribution in [2.75, 3.05) is 7.05 Å². The highest BCUT2D eigenvalue weighted by Crippen LogP contribution is 2.42. The van der Waals surface area contributed by atoms with Gasteiger partial charge in [0.25, 0.3) is 0 Å². The van der Waals surface area contributed by atoms with Gasteiger partial charge in [0.2, 0.25) is 0 Å². The van der Waals surface area contributed by atoms with Crippen molar-refractivity contribution in [2.45, 2.75) is 104 Å². The van der Waals surface area contributed by atoms with Crippen LogP contribution in [0.5, 0.6) is 0 Å². The monoisotopic (exact) mass is 627 g/mol. The second-order valence-corrected chi connectivity index (χ2v) is 8.47. The molecule has 0 spiro atoms. The number of fused-ring (bicyclic) bond motifs is 3. The molecule has 256 valence electrons. The third-order valence-corrected chi connectivity index (χ3v) is 5.99. The number of benzene rings is 2. The average Bonchev–Trinajstić information content (AvgIpc) is 3.53. The van der Waals surface area contributed by atoms with Crippen molar-refractivity contribution < 1.29 is 0 Å². The van der Waals surface area contributed by atoms with E-state index in [0.717, 1.165) is 0 Å². The van der Waals surface area contributed by atoms with E-state index in [2.05, 4.69) is 138 Å². The topological polar surface area (TPSA) is 27.8 Å². The summed E-state index contributed by atoms with van der Waals surface area (Å²) in [6.45, 7) is 37.3. The zero-order valence-corrected chi connectivity index (χ0v) is 32.7. The third-order valence-electron chi connectivity index (χ3n) is 5.99. The molecule has 1 aromatic heterocycles. The molecule has 46 heavy (non-hydrogen) atoms. The molecule has 2 nitrogen and oxygen atoms in total. The van der Waals surface area contributed by atoms with Gasteiger partial charge in [0.05, 0.1) is 5.52 Å². The fourth-order valence-corrected chi connectivity index (χ4v) is 4.27. The molecule has 0 radical (unpaired) electrons. The van der Waals surface area contributed by atoms with E-state index in [4.69, 9.17) is 0 Å². The lowest BCUT2D eigenvalue weighted by atomic mass is 9.89. The maximum Gasteiger partial charge on any atom is 0.0551 e. The van der Waals surface area contributed by atoms with Crippen LogP contribution in [0, 0.1) is 0 Å². The van der Waals surface area contributed by atoms with Crippen molar-refractivity contribution in [3.8, 4) is 0 Å². The Balaban J connectivity index is -0.000000438. The van der Waals surface area contributed by atoms with E-state index in [0.29, 0.717) is 0 Å². The number of hydrogen-bond acceptors (Lipinski definition) is 1. The number of H-pyrrole nitrogens is 1. The Kier molecular flexibility index (Phi) is 35.9. The van der Waals surface area contributed by atoms with Crippen LogP contribution in [0.25, 0.3) is 45.0 Å². The minimum atomic E-state index is 1.20. The molecule has 0 fully saturated rings. The molecule has 0 amide bonds. The molecule has 1 heterocycles. The maximum atomic E-state index is 3.80. The summed E-state index contributed by atoms with van der Waals surface area (Å²) in [4.78, 5) is 3.80. The lowest BCUT2D eigenvalue weighted by molar-refractivity contribution is 1.10. The number of aromatic amines is 1. The van der Waals surface area contributed by atoms with Gasteiger partial charge in [-0.05, 0) is 82.3 Å². The molecule has 0 saturated heterocycles. The molecule has 0 atom stereocenters. The zero-order chi connectivity index (χ0) is 36.5. The third kappa shape index (κ3) is 15.3. The van der Waals surface area contributed by atoms with Crippen molar-refractivity contribution in [1.29, 1.82) is 0 Å². The van der Waals surface area contributed by atoms with Crippen molar-refractivity contribution in [1.82, 2.24) is 10.3 Å². The highest BCUT2D eigenvalue weighted by Gasteiger charge is 2.21. The van der Waals surface area contributed by atoms with Gasteiger partial charge < -0.3 is 10.3 Å². The van der Waals surface area contributed by atoms with Gasteiger partial charge in [0.15, 0.2) is 0 Å². The van der Waals surface area contributed by atoms with Gasteiger partial charge in [0, 0.05) is 29.1 Å². The zero-order valence-electron chi connectivity index (χ0n) is 32.7. The SMILES string of the molecule is C/C=C\C(=C/C)c1c(/C(C)=C/C)[nH]c2c1c(/C=C\C)c(/C=C\C)c1ccccc12.C=CC=C.CC.CC.CC.CC.CC=CNC. The van der Waals surface area contributed by atoms with E-state index < -0.39 is 0 Å². The molecule has 2 heteroatoms. The molecule has 0 aliphatic carbocycles. The van der Waals surface area contributed by atoms with E-state index in [1.807, 2.05) is 81.6 Å². The number of nitrogens with one attached hydrogen (secondary N) is 2. The van der Waals surface area contributed by atoms with Crippen molar-refractivity contribution >= 4 is 45.0 Å². The molecule has 0 aliphatic rings. The first-order chi connectivity index (χ1) is 22.4. The van der Waals surface area contributed by atoms with Gasteiger partial charge >= 0.3 is 0 Å². The summed E-state index contributed by atoms with van der Waals surface area (Å²) in [6.07, 6.45) is 24.6. The van der Waals surface area contributed by atoms with Gasteiger partial charge in [-0.3, -0.25) is 0 Å². The van der Waals surface area contributed by atoms with E-state index in [1.54, 1.807) is 12.2 Å². The van der Waals surface area contributed by atoms with Crippen LogP contribution in [0.3, 0.4) is 0 Å². The first-order valence-electron chi connectivity index (χ1n) is 17.3. The molecule has 3 rings (SSSR count). The Hall–Kier alpha value is -4.04. The average molecular weight is 627 g/mol. The fourth-order valence-electron chi connectivity index (χ4n) is 4.27. The number of rotatable bonds is 7. The lowest BCUT2D eigenvalue weighted by Crippen LogP contribution is -1.91. The van der Waals surface area contributed by atoms with Crippen LogP contribution in [-0.2, 0) is 0 Å². The summed E-state index contributed by atoms with van der Waals surface area (Å²) in [5.41, 5.74) is 8.71. The molecular weight excluding hydrogens is 556 g/mol. The maximum absolute atomic E-state index is 3.80. The van der Waals surface area contributed by atoms with Crippen LogP contribution in [0.1, 0.15) is 126 Å². The van der Waals surface area contributed by atoms with Gasteiger partial charge in [-0.2, -0.15) is 0 Å². The quantitative estimate of drug-likeness (QED) is 0.251. The Morgan fingerprint density at radius 3 is 1.54 bits per heavy atom. The minimum absolute atomic E-state index is 1.20. The van der Waals surface area contributed by atoms with Crippen LogP contribution < -0.4 is 5.32 Å². The minimum Gasteiger partial charge on any atom is -0.394 e. The summed E-state index contributed by atoms with van der Waals surface area (Å²) in [5, 5.41) is 6.66. The normalized spacial score (nSPS) is 10.7. The van der Waals surface area contributed by atoms with Crippen LogP contribution in [0.4, 0.5) is 0 Å². The molecular formula is C44H70N2. The predicted molar refractivity (Wildman–Crippen MR) is 223 cm³/mol. The van der Waals surface area contributed by atoms with Gasteiger partial charge in [-0.15, -0.1) is 0 Å². The Morgan fingerprint density at radius 2 is 1.17 bits per heavy atom. The van der Waals surface area contributed by atoms with Crippen LogP contribution in [0.15, 0.2) is 98.3 Å².